The molecule has 1 saturated carbocycles. The van der Waals surface area contributed by atoms with Crippen LogP contribution in [0.1, 0.15) is 33.1 Å². The number of nitrogens with one attached hydrogen (secondary N) is 1. The summed E-state index contributed by atoms with van der Waals surface area (Å²) in [5.41, 5.74) is 0. The zero-order chi connectivity index (χ0) is 10.7. The number of amides is 1. The van der Waals surface area contributed by atoms with Crippen molar-refractivity contribution in [3.63, 3.8) is 0 Å². The minimum Gasteiger partial charge on any atom is -0.347 e. The van der Waals surface area contributed by atoms with Crippen molar-refractivity contribution in [1.82, 2.24) is 10.2 Å². The van der Waals surface area contributed by atoms with Crippen molar-refractivity contribution in [2.24, 2.45) is 5.92 Å². The maximum Gasteiger partial charge on any atom is 0.238 e. The number of hydrogen-bond donors (Lipinski definition) is 1. The first-order valence-electron chi connectivity index (χ1n) is 5.49. The third kappa shape index (κ3) is 2.71. The van der Waals surface area contributed by atoms with E-state index in [4.69, 9.17) is 0 Å². The predicted molar refractivity (Wildman–Crippen MR) is 58.1 cm³/mol. The van der Waals surface area contributed by atoms with E-state index in [1.807, 2.05) is 6.92 Å². The lowest BCUT2D eigenvalue weighted by atomic mass is 9.80. The van der Waals surface area contributed by atoms with E-state index < -0.39 is 0 Å². The van der Waals surface area contributed by atoms with Crippen LogP contribution in [0.15, 0.2) is 0 Å². The van der Waals surface area contributed by atoms with Gasteiger partial charge in [0.15, 0.2) is 0 Å². The van der Waals surface area contributed by atoms with Gasteiger partial charge in [-0.2, -0.15) is 0 Å². The first-order valence-corrected chi connectivity index (χ1v) is 5.49. The van der Waals surface area contributed by atoms with Gasteiger partial charge >= 0.3 is 0 Å². The Bertz CT molecular complexity index is 199. The lowest BCUT2D eigenvalue weighted by molar-refractivity contribution is -0.130. The summed E-state index contributed by atoms with van der Waals surface area (Å²) in [5, 5.41) is 3.37. The maximum absolute atomic E-state index is 11.6. The summed E-state index contributed by atoms with van der Waals surface area (Å²) < 4.78 is 0. The van der Waals surface area contributed by atoms with Gasteiger partial charge < -0.3 is 10.2 Å². The van der Waals surface area contributed by atoms with Crippen LogP contribution in [0.3, 0.4) is 0 Å². The number of rotatable bonds is 4. The smallest absolute Gasteiger partial charge is 0.238 e. The molecule has 1 rings (SSSR count). The van der Waals surface area contributed by atoms with Crippen molar-refractivity contribution < 1.29 is 4.79 Å². The molecule has 1 fully saturated rings. The van der Waals surface area contributed by atoms with Crippen LogP contribution in [0, 0.1) is 5.92 Å². The Balaban J connectivity index is 2.31. The second kappa shape index (κ2) is 4.78. The number of hydrogen-bond acceptors (Lipinski definition) is 2. The van der Waals surface area contributed by atoms with Crippen molar-refractivity contribution in [3.8, 4) is 0 Å². The van der Waals surface area contributed by atoms with Crippen LogP contribution in [0.2, 0.25) is 0 Å². The molecule has 0 spiro atoms. The predicted octanol–water partition coefficient (Wildman–Crippen LogP) is 1.24. The summed E-state index contributed by atoms with van der Waals surface area (Å²) >= 11 is 0. The highest BCUT2D eigenvalue weighted by molar-refractivity contribution is 5.80. The second-order valence-corrected chi connectivity index (χ2v) is 4.60. The lowest BCUT2D eigenvalue weighted by Crippen LogP contribution is -2.48. The molecule has 3 heteroatoms. The zero-order valence-electron chi connectivity index (χ0n) is 9.71. The Morgan fingerprint density at radius 2 is 1.93 bits per heavy atom. The van der Waals surface area contributed by atoms with E-state index in [-0.39, 0.29) is 11.9 Å². The first-order chi connectivity index (χ1) is 6.52. The summed E-state index contributed by atoms with van der Waals surface area (Å²) in [7, 11) is 3.60. The molecular weight excluding hydrogens is 176 g/mol. The fraction of sp³-hybridized carbons (Fsp3) is 0.909. The van der Waals surface area contributed by atoms with Crippen LogP contribution in [-0.2, 0) is 4.79 Å². The minimum absolute atomic E-state index is 0.0550. The normalized spacial score (nSPS) is 21.1. The Kier molecular flexibility index (Phi) is 3.93. The first kappa shape index (κ1) is 11.5. The summed E-state index contributed by atoms with van der Waals surface area (Å²) in [5.74, 6) is 0.948. The van der Waals surface area contributed by atoms with E-state index in [2.05, 4.69) is 12.2 Å². The molecule has 3 nitrogen and oxygen atoms in total. The number of carbonyl (C=O) groups excluding carboxylic acids is 1. The molecule has 0 aliphatic heterocycles. The Morgan fingerprint density at radius 3 is 2.29 bits per heavy atom. The fourth-order valence-corrected chi connectivity index (χ4v) is 1.93. The van der Waals surface area contributed by atoms with Gasteiger partial charge in [0.1, 0.15) is 0 Å². The molecule has 0 aromatic heterocycles. The van der Waals surface area contributed by atoms with E-state index in [1.165, 1.54) is 19.3 Å². The molecular formula is C11H22N2O. The van der Waals surface area contributed by atoms with E-state index in [0.29, 0.717) is 6.04 Å². The number of likely N-dealkylation sites (N-methyl/N-ethyl adjacent to an activating group) is 1. The standard InChI is InChI=1S/C11H22N2O/c1-8(10-6-5-7-10)12-9(2)11(14)13(3)4/h8-10,12H,5-7H2,1-4H3. The third-order valence-corrected chi connectivity index (χ3v) is 3.18. The molecule has 2 atom stereocenters. The van der Waals surface area contributed by atoms with Crippen molar-refractivity contribution in [2.75, 3.05) is 14.1 Å². The van der Waals surface area contributed by atoms with Crippen LogP contribution >= 0.6 is 0 Å². The average molecular weight is 198 g/mol. The second-order valence-electron chi connectivity index (χ2n) is 4.60. The molecule has 0 aromatic rings. The van der Waals surface area contributed by atoms with Crippen LogP contribution in [0.4, 0.5) is 0 Å². The highest BCUT2D eigenvalue weighted by Gasteiger charge is 2.26. The van der Waals surface area contributed by atoms with Crippen molar-refractivity contribution in [2.45, 2.75) is 45.2 Å². The number of carbonyl (C=O) groups is 1. The van der Waals surface area contributed by atoms with E-state index in [1.54, 1.807) is 19.0 Å². The molecule has 1 amide bonds. The summed E-state index contributed by atoms with van der Waals surface area (Å²) in [6.07, 6.45) is 3.99. The minimum atomic E-state index is -0.0550. The maximum atomic E-state index is 11.6. The molecule has 0 saturated heterocycles. The summed E-state index contributed by atoms with van der Waals surface area (Å²) in [4.78, 5) is 13.2. The van der Waals surface area contributed by atoms with Gasteiger partial charge in [0.2, 0.25) is 5.91 Å². The Labute approximate surface area is 86.9 Å². The zero-order valence-corrected chi connectivity index (χ0v) is 9.71. The topological polar surface area (TPSA) is 32.3 Å². The van der Waals surface area contributed by atoms with E-state index in [9.17, 15) is 4.79 Å². The van der Waals surface area contributed by atoms with Crippen molar-refractivity contribution in [3.05, 3.63) is 0 Å². The molecule has 0 bridgehead atoms. The molecule has 1 N–H and O–H groups in total. The molecule has 0 radical (unpaired) electrons. The largest absolute Gasteiger partial charge is 0.347 e. The van der Waals surface area contributed by atoms with Gasteiger partial charge in [-0.3, -0.25) is 4.79 Å². The Morgan fingerprint density at radius 1 is 1.36 bits per heavy atom. The highest BCUT2D eigenvalue weighted by Crippen LogP contribution is 2.29. The average Bonchev–Trinajstić information content (AvgIpc) is 1.98. The van der Waals surface area contributed by atoms with Crippen LogP contribution < -0.4 is 5.32 Å². The molecule has 14 heavy (non-hydrogen) atoms. The SMILES string of the molecule is CC(NC(C)C1CCC1)C(=O)N(C)C. The van der Waals surface area contributed by atoms with Gasteiger partial charge in [0, 0.05) is 20.1 Å². The summed E-state index contributed by atoms with van der Waals surface area (Å²) in [6.45, 7) is 4.13. The van der Waals surface area contributed by atoms with Gasteiger partial charge in [-0.15, -0.1) is 0 Å². The van der Waals surface area contributed by atoms with Crippen molar-refractivity contribution >= 4 is 5.91 Å². The van der Waals surface area contributed by atoms with Crippen LogP contribution in [0.25, 0.3) is 0 Å². The van der Waals surface area contributed by atoms with E-state index >= 15 is 0 Å². The fourth-order valence-electron chi connectivity index (χ4n) is 1.93. The van der Waals surface area contributed by atoms with Gasteiger partial charge in [-0.1, -0.05) is 6.42 Å². The molecule has 1 aliphatic carbocycles. The van der Waals surface area contributed by atoms with E-state index in [0.717, 1.165) is 5.92 Å². The highest BCUT2D eigenvalue weighted by atomic mass is 16.2. The molecule has 2 unspecified atom stereocenters. The molecule has 0 heterocycles. The molecule has 82 valence electrons. The van der Waals surface area contributed by atoms with Gasteiger partial charge in [0.05, 0.1) is 6.04 Å². The monoisotopic (exact) mass is 198 g/mol. The summed E-state index contributed by atoms with van der Waals surface area (Å²) in [6, 6.07) is 0.420. The quantitative estimate of drug-likeness (QED) is 0.737. The Hall–Kier alpha value is -0.570. The molecule has 0 aromatic carbocycles. The van der Waals surface area contributed by atoms with Crippen LogP contribution in [-0.4, -0.2) is 37.0 Å². The van der Waals surface area contributed by atoms with Crippen LogP contribution in [0.5, 0.6) is 0 Å². The van der Waals surface area contributed by atoms with Gasteiger partial charge in [-0.25, -0.2) is 0 Å². The third-order valence-electron chi connectivity index (χ3n) is 3.18. The van der Waals surface area contributed by atoms with Crippen molar-refractivity contribution in [1.29, 1.82) is 0 Å². The number of nitrogens with zero attached hydrogens (tertiary/aromatic N) is 1. The molecule has 1 aliphatic rings. The lowest BCUT2D eigenvalue weighted by Gasteiger charge is -2.34. The van der Waals surface area contributed by atoms with Gasteiger partial charge in [0.25, 0.3) is 0 Å². The van der Waals surface area contributed by atoms with Gasteiger partial charge in [-0.05, 0) is 32.6 Å².